The SMILES string of the molecule is CCC(=O)OC1CCCCCCCC/C=C\C/C=C\CCCOC(=O)NC(=O)OCCC/C=C\C/C=C\CCCCCCCC1. The summed E-state index contributed by atoms with van der Waals surface area (Å²) in [5.41, 5.74) is 0. The van der Waals surface area contributed by atoms with Crippen molar-refractivity contribution in [3.05, 3.63) is 48.6 Å². The summed E-state index contributed by atoms with van der Waals surface area (Å²) in [7, 11) is 0. The van der Waals surface area contributed by atoms with Crippen molar-refractivity contribution in [1.82, 2.24) is 5.32 Å². The molecule has 7 nitrogen and oxygen atoms in total. The molecule has 0 radical (unpaired) electrons. The van der Waals surface area contributed by atoms with Crippen LogP contribution in [0.3, 0.4) is 0 Å². The standard InChI is InChI=1S/C38H63NO6/c1-2-36(40)45-35-31-27-23-19-15-11-7-3-5-9-13-17-21-25-29-33-43-37(41)39-38(42)44-34-30-26-22-18-14-10-6-4-8-12-16-20-24-28-32-35/h5-6,9-10,17-18,21-22,35H,2-4,7-8,11-16,19-20,23-34H2,1H3,(H,39,41,42)/b9-5-,10-6-,21-17-,22-18-. The minimum absolute atomic E-state index is 0.0600. The summed E-state index contributed by atoms with van der Waals surface area (Å²) in [5, 5.41) is 2.10. The molecule has 0 atom stereocenters. The van der Waals surface area contributed by atoms with Crippen LogP contribution in [0, 0.1) is 0 Å². The van der Waals surface area contributed by atoms with Crippen molar-refractivity contribution in [1.29, 1.82) is 0 Å². The van der Waals surface area contributed by atoms with Crippen LogP contribution in [0.5, 0.6) is 0 Å². The van der Waals surface area contributed by atoms with Crippen molar-refractivity contribution < 1.29 is 28.6 Å². The number of nitrogens with one attached hydrogen (secondary N) is 1. The molecule has 1 aliphatic heterocycles. The van der Waals surface area contributed by atoms with Gasteiger partial charge < -0.3 is 14.2 Å². The molecule has 0 saturated carbocycles. The van der Waals surface area contributed by atoms with Crippen molar-refractivity contribution in [2.75, 3.05) is 13.2 Å². The molecule has 1 rings (SSSR count). The minimum Gasteiger partial charge on any atom is -0.462 e. The number of esters is 1. The lowest BCUT2D eigenvalue weighted by Gasteiger charge is -2.17. The first-order valence-corrected chi connectivity index (χ1v) is 18.0. The average molecular weight is 630 g/mol. The van der Waals surface area contributed by atoms with Crippen molar-refractivity contribution in [3.63, 3.8) is 0 Å². The minimum atomic E-state index is -0.767. The quantitative estimate of drug-likeness (QED) is 0.186. The number of carbonyl (C=O) groups excluding carboxylic acids is 3. The summed E-state index contributed by atoms with van der Waals surface area (Å²) < 4.78 is 15.9. The number of hydrogen-bond acceptors (Lipinski definition) is 6. The molecule has 0 bridgehead atoms. The normalized spacial score (nSPS) is 23.4. The third-order valence-electron chi connectivity index (χ3n) is 7.79. The highest BCUT2D eigenvalue weighted by atomic mass is 16.6. The number of rotatable bonds is 2. The topological polar surface area (TPSA) is 90.9 Å². The Hall–Kier alpha value is -2.83. The molecule has 1 aliphatic rings. The van der Waals surface area contributed by atoms with E-state index in [9.17, 15) is 14.4 Å². The van der Waals surface area contributed by atoms with Gasteiger partial charge in [-0.3, -0.25) is 4.79 Å². The van der Waals surface area contributed by atoms with E-state index in [1.54, 1.807) is 0 Å². The van der Waals surface area contributed by atoms with Crippen LogP contribution in [0.15, 0.2) is 48.6 Å². The maximum Gasteiger partial charge on any atom is 0.416 e. The van der Waals surface area contributed by atoms with Gasteiger partial charge >= 0.3 is 18.2 Å². The van der Waals surface area contributed by atoms with E-state index in [1.807, 2.05) is 6.92 Å². The zero-order valence-corrected chi connectivity index (χ0v) is 28.3. The molecule has 1 heterocycles. The Labute approximate surface area is 274 Å². The maximum absolute atomic E-state index is 11.9. The molecule has 0 fully saturated rings. The van der Waals surface area contributed by atoms with Gasteiger partial charge in [-0.2, -0.15) is 0 Å². The molecule has 0 aromatic heterocycles. The number of imide groups is 1. The van der Waals surface area contributed by atoms with Gasteiger partial charge in [-0.15, -0.1) is 0 Å². The van der Waals surface area contributed by atoms with E-state index < -0.39 is 12.2 Å². The Morgan fingerprint density at radius 2 is 0.978 bits per heavy atom. The molecule has 2 amide bonds. The van der Waals surface area contributed by atoms with Crippen LogP contribution in [-0.2, 0) is 19.0 Å². The Bertz CT molecular complexity index is 802. The third kappa shape index (κ3) is 28.4. The lowest BCUT2D eigenvalue weighted by atomic mass is 10.0. The van der Waals surface area contributed by atoms with Gasteiger partial charge in [0.2, 0.25) is 0 Å². The fraction of sp³-hybridized carbons (Fsp3) is 0.711. The molecular weight excluding hydrogens is 566 g/mol. The highest BCUT2D eigenvalue weighted by Gasteiger charge is 2.13. The van der Waals surface area contributed by atoms with Gasteiger partial charge in [0.25, 0.3) is 0 Å². The Kier molecular flexibility index (Phi) is 27.8. The zero-order valence-electron chi connectivity index (χ0n) is 28.3. The Morgan fingerprint density at radius 3 is 1.40 bits per heavy atom. The lowest BCUT2D eigenvalue weighted by molar-refractivity contribution is -0.149. The molecule has 256 valence electrons. The first kappa shape index (κ1) is 40.2. The van der Waals surface area contributed by atoms with Gasteiger partial charge in [0.1, 0.15) is 6.10 Å². The summed E-state index contributed by atoms with van der Waals surface area (Å²) >= 11 is 0. The van der Waals surface area contributed by atoms with Crippen LogP contribution in [0.25, 0.3) is 0 Å². The van der Waals surface area contributed by atoms with Crippen LogP contribution >= 0.6 is 0 Å². The van der Waals surface area contributed by atoms with E-state index in [-0.39, 0.29) is 25.3 Å². The van der Waals surface area contributed by atoms with Crippen LogP contribution in [0.4, 0.5) is 9.59 Å². The van der Waals surface area contributed by atoms with E-state index >= 15 is 0 Å². The molecule has 0 spiro atoms. The van der Waals surface area contributed by atoms with Crippen molar-refractivity contribution in [3.8, 4) is 0 Å². The van der Waals surface area contributed by atoms with Crippen LogP contribution < -0.4 is 5.32 Å². The van der Waals surface area contributed by atoms with Crippen LogP contribution in [0.2, 0.25) is 0 Å². The Morgan fingerprint density at radius 1 is 0.600 bits per heavy atom. The van der Waals surface area contributed by atoms with E-state index in [1.165, 1.54) is 64.2 Å². The summed E-state index contributed by atoms with van der Waals surface area (Å²) in [6.07, 6.45) is 40.2. The van der Waals surface area contributed by atoms with E-state index in [4.69, 9.17) is 14.2 Å². The molecule has 0 unspecified atom stereocenters. The predicted molar refractivity (Wildman–Crippen MR) is 184 cm³/mol. The lowest BCUT2D eigenvalue weighted by Crippen LogP contribution is -2.32. The number of alkyl carbamates (subject to hydrolysis) is 2. The van der Waals surface area contributed by atoms with Crippen LogP contribution in [0.1, 0.15) is 155 Å². The maximum atomic E-state index is 11.9. The van der Waals surface area contributed by atoms with Crippen molar-refractivity contribution in [2.45, 2.75) is 161 Å². The molecular formula is C38H63NO6. The molecule has 0 aromatic carbocycles. The predicted octanol–water partition coefficient (Wildman–Crippen LogP) is 11.0. The summed E-state index contributed by atoms with van der Waals surface area (Å²) in [6.45, 7) is 2.39. The third-order valence-corrected chi connectivity index (χ3v) is 7.79. The van der Waals surface area contributed by atoms with Crippen molar-refractivity contribution in [2.24, 2.45) is 0 Å². The molecule has 0 aliphatic carbocycles. The highest BCUT2D eigenvalue weighted by Crippen LogP contribution is 2.18. The molecule has 0 aromatic rings. The molecule has 7 heteroatoms. The van der Waals surface area contributed by atoms with Gasteiger partial charge in [-0.05, 0) is 89.9 Å². The monoisotopic (exact) mass is 629 g/mol. The first-order valence-electron chi connectivity index (χ1n) is 18.0. The number of allylic oxidation sites excluding steroid dienone is 8. The van der Waals surface area contributed by atoms with Crippen LogP contribution in [-0.4, -0.2) is 37.5 Å². The first-order chi connectivity index (χ1) is 22.1. The molecule has 45 heavy (non-hydrogen) atoms. The fourth-order valence-corrected chi connectivity index (χ4v) is 5.12. The second-order valence-electron chi connectivity index (χ2n) is 11.9. The van der Waals surface area contributed by atoms with Gasteiger partial charge in [-0.1, -0.05) is 107 Å². The number of cyclic esters (lactones) is 2. The van der Waals surface area contributed by atoms with E-state index in [0.29, 0.717) is 19.3 Å². The van der Waals surface area contributed by atoms with Gasteiger partial charge in [0.05, 0.1) is 13.2 Å². The second-order valence-corrected chi connectivity index (χ2v) is 11.9. The molecule has 1 N–H and O–H groups in total. The molecule has 0 saturated heterocycles. The zero-order chi connectivity index (χ0) is 32.5. The Balaban J connectivity index is 2.39. The number of carbonyl (C=O) groups is 3. The van der Waals surface area contributed by atoms with Crippen molar-refractivity contribution >= 4 is 18.2 Å². The van der Waals surface area contributed by atoms with E-state index in [0.717, 1.165) is 64.2 Å². The van der Waals surface area contributed by atoms with Gasteiger partial charge in [-0.25, -0.2) is 14.9 Å². The number of hydrogen-bond donors (Lipinski definition) is 1. The smallest absolute Gasteiger partial charge is 0.416 e. The second kappa shape index (κ2) is 31.2. The van der Waals surface area contributed by atoms with E-state index in [2.05, 4.69) is 53.9 Å². The van der Waals surface area contributed by atoms with Gasteiger partial charge in [0.15, 0.2) is 0 Å². The highest BCUT2D eigenvalue weighted by molar-refractivity contribution is 5.87. The number of ether oxygens (including phenoxy) is 3. The largest absolute Gasteiger partial charge is 0.462 e. The summed E-state index contributed by atoms with van der Waals surface area (Å²) in [5.74, 6) is -0.0600. The summed E-state index contributed by atoms with van der Waals surface area (Å²) in [4.78, 5) is 35.4. The summed E-state index contributed by atoms with van der Waals surface area (Å²) in [6, 6.07) is 0. The van der Waals surface area contributed by atoms with Gasteiger partial charge in [0, 0.05) is 6.42 Å². The number of amides is 2. The average Bonchev–Trinajstić information content (AvgIpc) is 3.03. The fourth-order valence-electron chi connectivity index (χ4n) is 5.12.